The first-order chi connectivity index (χ1) is 13.3. The molecule has 0 saturated heterocycles. The van der Waals surface area contributed by atoms with Gasteiger partial charge in [0.1, 0.15) is 5.82 Å². The van der Waals surface area contributed by atoms with Crippen molar-refractivity contribution < 1.29 is 19.1 Å². The summed E-state index contributed by atoms with van der Waals surface area (Å²) in [6, 6.07) is 5.43. The zero-order valence-corrected chi connectivity index (χ0v) is 16.5. The molecular weight excluding hydrogens is 383 g/mol. The summed E-state index contributed by atoms with van der Waals surface area (Å²) in [6.07, 6.45) is 4.62. The number of aliphatic carboxylic acids is 1. The van der Waals surface area contributed by atoms with Gasteiger partial charge in [-0.3, -0.25) is 14.6 Å². The van der Waals surface area contributed by atoms with Gasteiger partial charge in [0.05, 0.1) is 16.0 Å². The third kappa shape index (κ3) is 3.66. The van der Waals surface area contributed by atoms with Crippen LogP contribution in [-0.2, 0) is 4.79 Å². The maximum absolute atomic E-state index is 15.3. The van der Waals surface area contributed by atoms with Crippen LogP contribution in [0.3, 0.4) is 0 Å². The minimum Gasteiger partial charge on any atom is -0.481 e. The molecule has 1 unspecified atom stereocenters. The van der Waals surface area contributed by atoms with Crippen molar-refractivity contribution in [2.75, 3.05) is 0 Å². The molecule has 7 heteroatoms. The maximum atomic E-state index is 15.3. The molecule has 1 heterocycles. The number of nitrogens with one attached hydrogen (secondary N) is 1. The molecule has 1 fully saturated rings. The van der Waals surface area contributed by atoms with Crippen molar-refractivity contribution in [2.24, 2.45) is 5.41 Å². The number of carboxylic acids is 1. The monoisotopic (exact) mass is 404 g/mol. The van der Waals surface area contributed by atoms with Crippen molar-refractivity contribution in [3.63, 3.8) is 0 Å². The standard InChI is InChI=1S/C21H22ClFN2O3/c1-3-16(25-12(2)21(8-9-21)20(27)28)14-6-7-15(22)17(18(14)23)19(26)13-5-4-10-24-11-13/h4-7,10-12,16,25H,3,8-9H2,1-2H3,(H,27,28)/t12-,16?/m1/s1. The Morgan fingerprint density at radius 2 is 2.07 bits per heavy atom. The van der Waals surface area contributed by atoms with Crippen LogP contribution in [0.15, 0.2) is 36.7 Å². The molecule has 2 aromatic rings. The molecule has 2 atom stereocenters. The second kappa shape index (κ2) is 7.97. The number of hydrogen-bond donors (Lipinski definition) is 2. The number of nitrogens with zero attached hydrogens (tertiary/aromatic N) is 1. The number of benzene rings is 1. The molecule has 0 spiro atoms. The number of carboxylic acid groups (broad SMARTS) is 1. The van der Waals surface area contributed by atoms with Gasteiger partial charge in [-0.05, 0) is 44.4 Å². The fourth-order valence-corrected chi connectivity index (χ4v) is 3.77. The summed E-state index contributed by atoms with van der Waals surface area (Å²) in [5.41, 5.74) is -0.450. The molecule has 1 aromatic carbocycles. The van der Waals surface area contributed by atoms with E-state index >= 15 is 4.39 Å². The van der Waals surface area contributed by atoms with Gasteiger partial charge in [-0.15, -0.1) is 0 Å². The number of carbonyl (C=O) groups excluding carboxylic acids is 1. The highest BCUT2D eigenvalue weighted by Crippen LogP contribution is 2.49. The van der Waals surface area contributed by atoms with E-state index in [2.05, 4.69) is 10.3 Å². The Hall–Kier alpha value is -2.31. The van der Waals surface area contributed by atoms with Crippen molar-refractivity contribution in [3.05, 3.63) is 64.2 Å². The Morgan fingerprint density at radius 3 is 2.61 bits per heavy atom. The van der Waals surface area contributed by atoms with Crippen molar-refractivity contribution in [2.45, 2.75) is 45.2 Å². The summed E-state index contributed by atoms with van der Waals surface area (Å²) in [4.78, 5) is 28.2. The molecule has 28 heavy (non-hydrogen) atoms. The molecular formula is C21H22ClFN2O3. The topological polar surface area (TPSA) is 79.3 Å². The summed E-state index contributed by atoms with van der Waals surface area (Å²) in [6.45, 7) is 3.68. The molecule has 0 bridgehead atoms. The molecule has 1 saturated carbocycles. The summed E-state index contributed by atoms with van der Waals surface area (Å²) in [7, 11) is 0. The van der Waals surface area contributed by atoms with Crippen molar-refractivity contribution in [1.29, 1.82) is 0 Å². The number of hydrogen-bond acceptors (Lipinski definition) is 4. The van der Waals surface area contributed by atoms with Gasteiger partial charge in [-0.2, -0.15) is 0 Å². The predicted octanol–water partition coefficient (Wildman–Crippen LogP) is 4.40. The molecule has 0 aliphatic heterocycles. The smallest absolute Gasteiger partial charge is 0.311 e. The van der Waals surface area contributed by atoms with Crippen LogP contribution in [0.4, 0.5) is 4.39 Å². The third-order valence-corrected chi connectivity index (χ3v) is 5.87. The SMILES string of the molecule is CCC(N[C@H](C)C1(C(=O)O)CC1)c1ccc(Cl)c(C(=O)c2cccnc2)c1F. The van der Waals surface area contributed by atoms with E-state index in [1.165, 1.54) is 18.5 Å². The number of rotatable bonds is 8. The molecule has 0 radical (unpaired) electrons. The number of ketones is 1. The van der Waals surface area contributed by atoms with Crippen LogP contribution in [-0.4, -0.2) is 27.9 Å². The van der Waals surface area contributed by atoms with Gasteiger partial charge >= 0.3 is 5.97 Å². The first-order valence-electron chi connectivity index (χ1n) is 9.24. The van der Waals surface area contributed by atoms with Gasteiger partial charge in [-0.25, -0.2) is 4.39 Å². The second-order valence-corrected chi connectivity index (χ2v) is 7.61. The van der Waals surface area contributed by atoms with Crippen LogP contribution in [0.1, 0.15) is 60.6 Å². The van der Waals surface area contributed by atoms with Gasteiger partial charge in [0.2, 0.25) is 0 Å². The van der Waals surface area contributed by atoms with Gasteiger partial charge in [0.15, 0.2) is 5.78 Å². The van der Waals surface area contributed by atoms with Crippen LogP contribution in [0.25, 0.3) is 0 Å². The summed E-state index contributed by atoms with van der Waals surface area (Å²) in [5, 5.41) is 12.8. The number of halogens is 2. The summed E-state index contributed by atoms with van der Waals surface area (Å²) < 4.78 is 15.3. The van der Waals surface area contributed by atoms with E-state index in [1.54, 1.807) is 25.1 Å². The maximum Gasteiger partial charge on any atom is 0.311 e. The highest BCUT2D eigenvalue weighted by molar-refractivity contribution is 6.35. The van der Waals surface area contributed by atoms with E-state index in [1.807, 2.05) is 6.92 Å². The average molecular weight is 405 g/mol. The number of pyridine rings is 1. The molecule has 1 aromatic heterocycles. The van der Waals surface area contributed by atoms with Crippen LogP contribution in [0.5, 0.6) is 0 Å². The van der Waals surface area contributed by atoms with Crippen LogP contribution in [0, 0.1) is 11.2 Å². The largest absolute Gasteiger partial charge is 0.481 e. The Bertz CT molecular complexity index is 900. The molecule has 5 nitrogen and oxygen atoms in total. The van der Waals surface area contributed by atoms with E-state index in [4.69, 9.17) is 11.6 Å². The quantitative estimate of drug-likeness (QED) is 0.637. The highest BCUT2D eigenvalue weighted by Gasteiger charge is 2.54. The van der Waals surface area contributed by atoms with Gasteiger partial charge in [0.25, 0.3) is 0 Å². The van der Waals surface area contributed by atoms with E-state index in [0.29, 0.717) is 24.8 Å². The van der Waals surface area contributed by atoms with Crippen LogP contribution < -0.4 is 5.32 Å². The Labute approximate surface area is 167 Å². The Morgan fingerprint density at radius 1 is 1.36 bits per heavy atom. The fraction of sp³-hybridized carbons (Fsp3) is 0.381. The van der Waals surface area contributed by atoms with Crippen molar-refractivity contribution >= 4 is 23.4 Å². The van der Waals surface area contributed by atoms with Gasteiger partial charge in [-0.1, -0.05) is 24.6 Å². The highest BCUT2D eigenvalue weighted by atomic mass is 35.5. The minimum absolute atomic E-state index is 0.0298. The van der Waals surface area contributed by atoms with E-state index < -0.39 is 29.0 Å². The molecule has 3 rings (SSSR count). The van der Waals surface area contributed by atoms with E-state index in [-0.39, 0.29) is 22.2 Å². The second-order valence-electron chi connectivity index (χ2n) is 7.21. The van der Waals surface area contributed by atoms with Crippen molar-refractivity contribution in [3.8, 4) is 0 Å². The lowest BCUT2D eigenvalue weighted by Crippen LogP contribution is -2.41. The molecule has 0 amide bonds. The average Bonchev–Trinajstić information content (AvgIpc) is 3.49. The zero-order valence-electron chi connectivity index (χ0n) is 15.7. The molecule has 1 aliphatic carbocycles. The normalized spacial score (nSPS) is 17.0. The third-order valence-electron chi connectivity index (χ3n) is 5.55. The lowest BCUT2D eigenvalue weighted by molar-refractivity contribution is -0.144. The molecule has 148 valence electrons. The lowest BCUT2D eigenvalue weighted by Gasteiger charge is -2.27. The minimum atomic E-state index is -0.841. The Balaban J connectivity index is 1.93. The first-order valence-corrected chi connectivity index (χ1v) is 9.61. The lowest BCUT2D eigenvalue weighted by atomic mass is 9.93. The van der Waals surface area contributed by atoms with Crippen molar-refractivity contribution in [1.82, 2.24) is 10.3 Å². The van der Waals surface area contributed by atoms with Gasteiger partial charge < -0.3 is 10.4 Å². The van der Waals surface area contributed by atoms with Crippen LogP contribution >= 0.6 is 11.6 Å². The molecule has 1 aliphatic rings. The summed E-state index contributed by atoms with van der Waals surface area (Å²) in [5.74, 6) is -2.07. The first kappa shape index (κ1) is 20.4. The van der Waals surface area contributed by atoms with Gasteiger partial charge in [0, 0.05) is 35.6 Å². The summed E-state index contributed by atoms with van der Waals surface area (Å²) >= 11 is 6.14. The number of carbonyl (C=O) groups is 2. The zero-order chi connectivity index (χ0) is 20.5. The Kier molecular flexibility index (Phi) is 5.82. The fourth-order valence-electron chi connectivity index (χ4n) is 3.54. The number of aromatic nitrogens is 1. The predicted molar refractivity (Wildman–Crippen MR) is 104 cm³/mol. The van der Waals surface area contributed by atoms with Crippen LogP contribution in [0.2, 0.25) is 5.02 Å². The molecule has 2 N–H and O–H groups in total. The van der Waals surface area contributed by atoms with E-state index in [9.17, 15) is 14.7 Å². The van der Waals surface area contributed by atoms with E-state index in [0.717, 1.165) is 0 Å².